The maximum Gasteiger partial charge on any atom is 0.155 e. The van der Waals surface area contributed by atoms with Crippen molar-refractivity contribution in [2.45, 2.75) is 32.4 Å². The molecule has 1 fully saturated rings. The number of aromatic nitrogens is 4. The van der Waals surface area contributed by atoms with E-state index >= 15 is 0 Å². The van der Waals surface area contributed by atoms with E-state index in [2.05, 4.69) is 32.6 Å². The Balaban J connectivity index is 1.56. The van der Waals surface area contributed by atoms with Crippen LogP contribution in [0.25, 0.3) is 5.82 Å². The predicted molar refractivity (Wildman–Crippen MR) is 81.2 cm³/mol. The van der Waals surface area contributed by atoms with E-state index in [4.69, 9.17) is 0 Å². The molecule has 0 radical (unpaired) electrons. The molecule has 0 aliphatic carbocycles. The second-order valence-electron chi connectivity index (χ2n) is 5.81. The summed E-state index contributed by atoms with van der Waals surface area (Å²) in [6, 6.07) is 4.57. The molecule has 0 unspecified atom stereocenters. The number of rotatable bonds is 4. The van der Waals surface area contributed by atoms with Crippen molar-refractivity contribution in [3.05, 3.63) is 35.8 Å². The molecule has 0 spiro atoms. The molecule has 0 aromatic carbocycles. The molecule has 6 heteroatoms. The van der Waals surface area contributed by atoms with E-state index in [-0.39, 0.29) is 0 Å². The first-order valence-corrected chi connectivity index (χ1v) is 7.47. The van der Waals surface area contributed by atoms with Crippen LogP contribution in [0.15, 0.2) is 24.5 Å². The SMILES string of the molecule is Cc1ccc(-n2cc(CNC3CCN(C)CC3)nn2)nc1. The average molecular weight is 286 g/mol. The predicted octanol–water partition coefficient (Wildman–Crippen LogP) is 1.15. The van der Waals surface area contributed by atoms with Gasteiger partial charge >= 0.3 is 0 Å². The molecule has 3 rings (SSSR count). The quantitative estimate of drug-likeness (QED) is 0.914. The highest BCUT2D eigenvalue weighted by Crippen LogP contribution is 2.09. The van der Waals surface area contributed by atoms with Gasteiger partial charge in [0.25, 0.3) is 0 Å². The lowest BCUT2D eigenvalue weighted by Crippen LogP contribution is -2.40. The minimum Gasteiger partial charge on any atom is -0.308 e. The summed E-state index contributed by atoms with van der Waals surface area (Å²) in [5.74, 6) is 0.804. The molecule has 3 heterocycles. The molecule has 6 nitrogen and oxygen atoms in total. The third-order valence-corrected chi connectivity index (χ3v) is 3.96. The number of hydrogen-bond donors (Lipinski definition) is 1. The maximum atomic E-state index is 4.35. The monoisotopic (exact) mass is 286 g/mol. The van der Waals surface area contributed by atoms with Gasteiger partial charge in [0, 0.05) is 18.8 Å². The van der Waals surface area contributed by atoms with E-state index in [0.29, 0.717) is 6.04 Å². The van der Waals surface area contributed by atoms with Gasteiger partial charge in [-0.25, -0.2) is 9.67 Å². The summed E-state index contributed by atoms with van der Waals surface area (Å²) in [4.78, 5) is 6.73. The molecule has 1 aliphatic heterocycles. The Morgan fingerprint density at radius 3 is 2.81 bits per heavy atom. The van der Waals surface area contributed by atoms with E-state index in [1.54, 1.807) is 4.68 Å². The van der Waals surface area contributed by atoms with E-state index in [1.807, 2.05) is 31.5 Å². The highest BCUT2D eigenvalue weighted by atomic mass is 15.4. The first kappa shape index (κ1) is 14.2. The molecule has 0 bridgehead atoms. The second-order valence-corrected chi connectivity index (χ2v) is 5.81. The van der Waals surface area contributed by atoms with Gasteiger partial charge in [0.2, 0.25) is 0 Å². The minimum absolute atomic E-state index is 0.587. The van der Waals surface area contributed by atoms with Crippen molar-refractivity contribution in [1.29, 1.82) is 0 Å². The first-order valence-electron chi connectivity index (χ1n) is 7.47. The summed E-state index contributed by atoms with van der Waals surface area (Å²) >= 11 is 0. The molecule has 21 heavy (non-hydrogen) atoms. The fraction of sp³-hybridized carbons (Fsp3) is 0.533. The van der Waals surface area contributed by atoms with Gasteiger partial charge in [0.1, 0.15) is 0 Å². The Morgan fingerprint density at radius 1 is 1.29 bits per heavy atom. The van der Waals surface area contributed by atoms with E-state index < -0.39 is 0 Å². The molecule has 0 amide bonds. The van der Waals surface area contributed by atoms with Crippen LogP contribution in [0.2, 0.25) is 0 Å². The van der Waals surface area contributed by atoms with Gasteiger partial charge in [-0.2, -0.15) is 0 Å². The molecular weight excluding hydrogens is 264 g/mol. The fourth-order valence-corrected chi connectivity index (χ4v) is 2.55. The highest BCUT2D eigenvalue weighted by molar-refractivity contribution is 5.23. The van der Waals surface area contributed by atoms with Crippen molar-refractivity contribution in [1.82, 2.24) is 30.2 Å². The van der Waals surface area contributed by atoms with Crippen LogP contribution in [0.5, 0.6) is 0 Å². The number of nitrogens with zero attached hydrogens (tertiary/aromatic N) is 5. The number of nitrogens with one attached hydrogen (secondary N) is 1. The van der Waals surface area contributed by atoms with Gasteiger partial charge in [-0.05, 0) is 51.5 Å². The lowest BCUT2D eigenvalue weighted by molar-refractivity contribution is 0.233. The van der Waals surface area contributed by atoms with Crippen LogP contribution >= 0.6 is 0 Å². The van der Waals surface area contributed by atoms with Crippen LogP contribution in [0.1, 0.15) is 24.1 Å². The van der Waals surface area contributed by atoms with Gasteiger partial charge in [0.15, 0.2) is 5.82 Å². The lowest BCUT2D eigenvalue weighted by atomic mass is 10.1. The van der Waals surface area contributed by atoms with Gasteiger partial charge in [-0.3, -0.25) is 0 Å². The molecule has 1 aliphatic rings. The minimum atomic E-state index is 0.587. The van der Waals surface area contributed by atoms with Crippen LogP contribution in [0.4, 0.5) is 0 Å². The van der Waals surface area contributed by atoms with Crippen molar-refractivity contribution in [3.8, 4) is 5.82 Å². The Hall–Kier alpha value is -1.79. The molecule has 1 saturated heterocycles. The molecule has 2 aromatic rings. The Morgan fingerprint density at radius 2 is 2.10 bits per heavy atom. The third kappa shape index (κ3) is 3.65. The largest absolute Gasteiger partial charge is 0.308 e. The number of aryl methyl sites for hydroxylation is 1. The highest BCUT2D eigenvalue weighted by Gasteiger charge is 2.16. The Kier molecular flexibility index (Phi) is 4.26. The van der Waals surface area contributed by atoms with Crippen molar-refractivity contribution >= 4 is 0 Å². The normalized spacial score (nSPS) is 17.2. The Labute approximate surface area is 125 Å². The van der Waals surface area contributed by atoms with Crippen molar-refractivity contribution in [2.75, 3.05) is 20.1 Å². The summed E-state index contributed by atoms with van der Waals surface area (Å²) < 4.78 is 1.73. The topological polar surface area (TPSA) is 58.9 Å². The zero-order chi connectivity index (χ0) is 14.7. The van der Waals surface area contributed by atoms with Crippen molar-refractivity contribution in [3.63, 3.8) is 0 Å². The fourth-order valence-electron chi connectivity index (χ4n) is 2.55. The van der Waals surface area contributed by atoms with E-state index in [0.717, 1.165) is 36.7 Å². The van der Waals surface area contributed by atoms with Gasteiger partial charge < -0.3 is 10.2 Å². The van der Waals surface area contributed by atoms with Crippen LogP contribution in [-0.2, 0) is 6.54 Å². The second kappa shape index (κ2) is 6.32. The number of hydrogen-bond acceptors (Lipinski definition) is 5. The first-order chi connectivity index (χ1) is 10.2. The van der Waals surface area contributed by atoms with Crippen LogP contribution < -0.4 is 5.32 Å². The number of likely N-dealkylation sites (tertiary alicyclic amines) is 1. The molecule has 0 atom stereocenters. The van der Waals surface area contributed by atoms with Crippen molar-refractivity contribution in [2.24, 2.45) is 0 Å². The molecular formula is C15H22N6. The molecule has 2 aromatic heterocycles. The Bertz CT molecular complexity index is 568. The molecule has 112 valence electrons. The summed E-state index contributed by atoms with van der Waals surface area (Å²) in [5.41, 5.74) is 2.10. The molecule has 1 N–H and O–H groups in total. The zero-order valence-corrected chi connectivity index (χ0v) is 12.7. The van der Waals surface area contributed by atoms with Crippen molar-refractivity contribution < 1.29 is 0 Å². The van der Waals surface area contributed by atoms with Gasteiger partial charge in [-0.1, -0.05) is 11.3 Å². The summed E-state index contributed by atoms with van der Waals surface area (Å²) in [6.45, 7) is 5.12. The lowest BCUT2D eigenvalue weighted by Gasteiger charge is -2.29. The van der Waals surface area contributed by atoms with Crippen LogP contribution in [0, 0.1) is 6.92 Å². The average Bonchev–Trinajstić information content (AvgIpc) is 2.96. The standard InChI is InChI=1S/C15H22N6/c1-12-3-4-15(17-9-12)21-11-14(18-19-21)10-16-13-5-7-20(2)8-6-13/h3-4,9,11,13,16H,5-8,10H2,1-2H3. The number of pyridine rings is 1. The summed E-state index contributed by atoms with van der Waals surface area (Å²) in [7, 11) is 2.18. The van der Waals surface area contributed by atoms with Gasteiger partial charge in [-0.15, -0.1) is 5.10 Å². The smallest absolute Gasteiger partial charge is 0.155 e. The summed E-state index contributed by atoms with van der Waals surface area (Å²) in [5, 5.41) is 11.9. The molecule has 0 saturated carbocycles. The zero-order valence-electron chi connectivity index (χ0n) is 12.7. The van der Waals surface area contributed by atoms with E-state index in [9.17, 15) is 0 Å². The van der Waals surface area contributed by atoms with Crippen LogP contribution in [0.3, 0.4) is 0 Å². The van der Waals surface area contributed by atoms with Gasteiger partial charge in [0.05, 0.1) is 11.9 Å². The van der Waals surface area contributed by atoms with E-state index in [1.165, 1.54) is 12.8 Å². The number of piperidine rings is 1. The maximum absolute atomic E-state index is 4.35. The third-order valence-electron chi connectivity index (χ3n) is 3.96. The van der Waals surface area contributed by atoms with Crippen LogP contribution in [-0.4, -0.2) is 51.1 Å². The summed E-state index contributed by atoms with van der Waals surface area (Å²) in [6.07, 6.45) is 6.18.